The Hall–Kier alpha value is -1.19. The van der Waals surface area contributed by atoms with Crippen molar-refractivity contribution < 1.29 is 0 Å². The lowest BCUT2D eigenvalue weighted by atomic mass is 10.3. The zero-order chi connectivity index (χ0) is 10.5. The topological polar surface area (TPSA) is 24.9 Å². The maximum absolute atomic E-state index is 4.43. The quantitative estimate of drug-likeness (QED) is 0.853. The lowest BCUT2D eigenvalue weighted by molar-refractivity contribution is 0.679. The first-order chi connectivity index (χ1) is 7.34. The fourth-order valence-electron chi connectivity index (χ4n) is 1.43. The fourth-order valence-corrected chi connectivity index (χ4v) is 2.09. The van der Waals surface area contributed by atoms with Crippen molar-refractivity contribution >= 4 is 11.3 Å². The molecule has 2 heterocycles. The predicted molar refractivity (Wildman–Crippen MR) is 63.8 cm³/mol. The highest BCUT2D eigenvalue weighted by atomic mass is 32.1. The van der Waals surface area contributed by atoms with Gasteiger partial charge in [0.2, 0.25) is 0 Å². The van der Waals surface area contributed by atoms with Gasteiger partial charge in [-0.25, -0.2) is 0 Å². The molecule has 0 amide bonds. The number of aromatic nitrogens is 1. The molecule has 0 bridgehead atoms. The van der Waals surface area contributed by atoms with Gasteiger partial charge < -0.3 is 5.32 Å². The van der Waals surface area contributed by atoms with Crippen LogP contribution in [0.1, 0.15) is 17.0 Å². The second-order valence-electron chi connectivity index (χ2n) is 3.51. The minimum atomic E-state index is 0.831. The molecule has 0 unspecified atom stereocenters. The van der Waals surface area contributed by atoms with Gasteiger partial charge in [-0.2, -0.15) is 11.3 Å². The monoisotopic (exact) mass is 218 g/mol. The van der Waals surface area contributed by atoms with E-state index in [0.29, 0.717) is 0 Å². The summed E-state index contributed by atoms with van der Waals surface area (Å²) < 4.78 is 0. The molecule has 2 aromatic rings. The van der Waals surface area contributed by atoms with Crippen molar-refractivity contribution in [2.45, 2.75) is 20.0 Å². The minimum Gasteiger partial charge on any atom is -0.307 e. The van der Waals surface area contributed by atoms with Crippen LogP contribution in [0, 0.1) is 6.92 Å². The maximum Gasteiger partial charge on any atom is 0.0544 e. The Kier molecular flexibility index (Phi) is 3.48. The Morgan fingerprint density at radius 3 is 2.93 bits per heavy atom. The van der Waals surface area contributed by atoms with Crippen molar-refractivity contribution in [1.29, 1.82) is 0 Å². The van der Waals surface area contributed by atoms with Crippen LogP contribution >= 0.6 is 11.3 Å². The highest BCUT2D eigenvalue weighted by molar-refractivity contribution is 7.07. The van der Waals surface area contributed by atoms with Crippen molar-refractivity contribution in [2.24, 2.45) is 0 Å². The Bertz CT molecular complexity index is 409. The maximum atomic E-state index is 4.43. The standard InChI is InChI=1S/C12H14N2S/c1-10-3-2-4-12(14-10)8-13-7-11-5-6-15-9-11/h2-6,9,13H,7-8H2,1H3. The average molecular weight is 218 g/mol. The molecule has 0 spiro atoms. The molecule has 3 heteroatoms. The zero-order valence-electron chi connectivity index (χ0n) is 8.73. The number of hydrogen-bond acceptors (Lipinski definition) is 3. The summed E-state index contributed by atoms with van der Waals surface area (Å²) in [7, 11) is 0. The molecular weight excluding hydrogens is 204 g/mol. The van der Waals surface area contributed by atoms with Crippen molar-refractivity contribution in [3.63, 3.8) is 0 Å². The largest absolute Gasteiger partial charge is 0.307 e. The van der Waals surface area contributed by atoms with Gasteiger partial charge in [-0.3, -0.25) is 4.98 Å². The van der Waals surface area contributed by atoms with E-state index in [9.17, 15) is 0 Å². The van der Waals surface area contributed by atoms with Crippen LogP contribution in [0.5, 0.6) is 0 Å². The van der Waals surface area contributed by atoms with Gasteiger partial charge in [-0.1, -0.05) is 6.07 Å². The Balaban J connectivity index is 1.83. The normalized spacial score (nSPS) is 10.5. The number of pyridine rings is 1. The smallest absolute Gasteiger partial charge is 0.0544 e. The third-order valence-corrected chi connectivity index (χ3v) is 2.89. The molecule has 0 fully saturated rings. The number of thiophene rings is 1. The highest BCUT2D eigenvalue weighted by Crippen LogP contribution is 2.05. The number of hydrogen-bond donors (Lipinski definition) is 1. The predicted octanol–water partition coefficient (Wildman–Crippen LogP) is 2.74. The molecule has 78 valence electrons. The van der Waals surface area contributed by atoms with E-state index in [1.54, 1.807) is 11.3 Å². The molecule has 2 rings (SSSR count). The SMILES string of the molecule is Cc1cccc(CNCc2ccsc2)n1. The summed E-state index contributed by atoms with van der Waals surface area (Å²) >= 11 is 1.73. The van der Waals surface area contributed by atoms with E-state index >= 15 is 0 Å². The summed E-state index contributed by atoms with van der Waals surface area (Å²) in [6, 6.07) is 8.25. The van der Waals surface area contributed by atoms with Gasteiger partial charge in [0, 0.05) is 18.8 Å². The van der Waals surface area contributed by atoms with Crippen LogP contribution in [0.3, 0.4) is 0 Å². The van der Waals surface area contributed by atoms with Gasteiger partial charge in [-0.05, 0) is 41.4 Å². The molecule has 0 saturated carbocycles. The lowest BCUT2D eigenvalue weighted by Gasteiger charge is -2.03. The Morgan fingerprint density at radius 2 is 2.20 bits per heavy atom. The van der Waals surface area contributed by atoms with E-state index in [0.717, 1.165) is 24.5 Å². The van der Waals surface area contributed by atoms with Gasteiger partial charge in [0.1, 0.15) is 0 Å². The zero-order valence-corrected chi connectivity index (χ0v) is 9.55. The number of rotatable bonds is 4. The van der Waals surface area contributed by atoms with E-state index in [-0.39, 0.29) is 0 Å². The third-order valence-electron chi connectivity index (χ3n) is 2.16. The minimum absolute atomic E-state index is 0.831. The van der Waals surface area contributed by atoms with Gasteiger partial charge >= 0.3 is 0 Å². The molecule has 0 aromatic carbocycles. The van der Waals surface area contributed by atoms with Crippen LogP contribution in [0.25, 0.3) is 0 Å². The summed E-state index contributed by atoms with van der Waals surface area (Å²) in [5.74, 6) is 0. The molecular formula is C12H14N2S. The first-order valence-corrected chi connectivity index (χ1v) is 5.93. The lowest BCUT2D eigenvalue weighted by Crippen LogP contribution is -2.13. The number of aryl methyl sites for hydroxylation is 1. The summed E-state index contributed by atoms with van der Waals surface area (Å²) in [5.41, 5.74) is 3.52. The van der Waals surface area contributed by atoms with Gasteiger partial charge in [-0.15, -0.1) is 0 Å². The van der Waals surface area contributed by atoms with Crippen LogP contribution < -0.4 is 5.32 Å². The van der Waals surface area contributed by atoms with E-state index in [4.69, 9.17) is 0 Å². The molecule has 0 aliphatic heterocycles. The summed E-state index contributed by atoms with van der Waals surface area (Å²) in [5, 5.41) is 7.64. The van der Waals surface area contributed by atoms with Crippen molar-refractivity contribution in [3.05, 3.63) is 52.0 Å². The molecule has 0 atom stereocenters. The fraction of sp³-hybridized carbons (Fsp3) is 0.250. The second kappa shape index (κ2) is 5.05. The molecule has 15 heavy (non-hydrogen) atoms. The van der Waals surface area contributed by atoms with Crippen LogP contribution in [0.2, 0.25) is 0 Å². The third kappa shape index (κ3) is 3.15. The van der Waals surface area contributed by atoms with Crippen LogP contribution in [0.4, 0.5) is 0 Å². The molecule has 2 nitrogen and oxygen atoms in total. The molecule has 1 N–H and O–H groups in total. The Morgan fingerprint density at radius 1 is 1.27 bits per heavy atom. The Labute approximate surface area is 94.0 Å². The first-order valence-electron chi connectivity index (χ1n) is 4.99. The van der Waals surface area contributed by atoms with E-state index in [1.807, 2.05) is 25.1 Å². The van der Waals surface area contributed by atoms with E-state index in [1.165, 1.54) is 5.56 Å². The van der Waals surface area contributed by atoms with Crippen molar-refractivity contribution in [3.8, 4) is 0 Å². The summed E-state index contributed by atoms with van der Waals surface area (Å²) in [6.07, 6.45) is 0. The average Bonchev–Trinajstić information content (AvgIpc) is 2.71. The van der Waals surface area contributed by atoms with Crippen LogP contribution in [-0.2, 0) is 13.1 Å². The van der Waals surface area contributed by atoms with E-state index in [2.05, 4.69) is 27.1 Å². The molecule has 0 aliphatic rings. The van der Waals surface area contributed by atoms with Gasteiger partial charge in [0.25, 0.3) is 0 Å². The second-order valence-corrected chi connectivity index (χ2v) is 4.29. The highest BCUT2D eigenvalue weighted by Gasteiger charge is 1.95. The van der Waals surface area contributed by atoms with Crippen LogP contribution in [-0.4, -0.2) is 4.98 Å². The molecule has 2 aromatic heterocycles. The number of nitrogens with one attached hydrogen (secondary N) is 1. The number of nitrogens with zero attached hydrogens (tertiary/aromatic N) is 1. The first kappa shape index (κ1) is 10.3. The van der Waals surface area contributed by atoms with Crippen molar-refractivity contribution in [2.75, 3.05) is 0 Å². The molecule has 0 aliphatic carbocycles. The molecule has 0 radical (unpaired) electrons. The van der Waals surface area contributed by atoms with Gasteiger partial charge in [0.15, 0.2) is 0 Å². The summed E-state index contributed by atoms with van der Waals surface area (Å²) in [4.78, 5) is 4.43. The van der Waals surface area contributed by atoms with Crippen molar-refractivity contribution in [1.82, 2.24) is 10.3 Å². The van der Waals surface area contributed by atoms with Gasteiger partial charge in [0.05, 0.1) is 5.69 Å². The molecule has 0 saturated heterocycles. The summed E-state index contributed by atoms with van der Waals surface area (Å²) in [6.45, 7) is 3.76. The van der Waals surface area contributed by atoms with E-state index < -0.39 is 0 Å². The van der Waals surface area contributed by atoms with Crippen LogP contribution in [0.15, 0.2) is 35.0 Å².